The van der Waals surface area contributed by atoms with E-state index >= 15 is 0 Å². The first-order valence-corrected chi connectivity index (χ1v) is 5.73. The molecule has 7 heteroatoms. The molecule has 0 saturated carbocycles. The number of halogens is 3. The third kappa shape index (κ3) is 3.37. The molecule has 1 amide bonds. The van der Waals surface area contributed by atoms with Crippen LogP contribution in [0.3, 0.4) is 0 Å². The highest BCUT2D eigenvalue weighted by Gasteiger charge is 2.31. The van der Waals surface area contributed by atoms with Crippen LogP contribution >= 0.6 is 11.8 Å². The summed E-state index contributed by atoms with van der Waals surface area (Å²) in [7, 11) is 0. The molecule has 0 heterocycles. The largest absolute Gasteiger partial charge is 0.416 e. The quantitative estimate of drug-likeness (QED) is 0.381. The number of hydrogen-bond acceptors (Lipinski definition) is 3. The second-order valence-corrected chi connectivity index (χ2v) is 4.42. The summed E-state index contributed by atoms with van der Waals surface area (Å²) < 4.78 is 37.5. The van der Waals surface area contributed by atoms with E-state index in [1.165, 1.54) is 0 Å². The molecule has 0 aliphatic rings. The van der Waals surface area contributed by atoms with Crippen LogP contribution in [-0.4, -0.2) is 11.7 Å². The van der Waals surface area contributed by atoms with Gasteiger partial charge in [-0.2, -0.15) is 13.2 Å². The molecule has 0 fully saturated rings. The predicted octanol–water partition coefficient (Wildman–Crippen LogP) is 2.42. The number of carbonyl (C=O) groups is 1. The zero-order valence-electron chi connectivity index (χ0n) is 8.97. The lowest BCUT2D eigenvalue weighted by Gasteiger charge is -2.11. The zero-order chi connectivity index (χ0) is 13.1. The van der Waals surface area contributed by atoms with Gasteiger partial charge >= 0.3 is 6.18 Å². The van der Waals surface area contributed by atoms with Crippen LogP contribution in [0.15, 0.2) is 23.1 Å². The number of nitrogens with two attached hydrogens (primary N) is 1. The summed E-state index contributed by atoms with van der Waals surface area (Å²) in [6.07, 6.45) is -4.42. The summed E-state index contributed by atoms with van der Waals surface area (Å²) in [6.45, 7) is 1.79. The van der Waals surface area contributed by atoms with E-state index in [9.17, 15) is 18.0 Å². The van der Waals surface area contributed by atoms with Crippen LogP contribution in [0.25, 0.3) is 0 Å². The Kier molecular flexibility index (Phi) is 4.41. The number of nitrogens with one attached hydrogen (secondary N) is 1. The van der Waals surface area contributed by atoms with E-state index in [0.717, 1.165) is 30.0 Å². The van der Waals surface area contributed by atoms with Crippen molar-refractivity contribution in [1.82, 2.24) is 5.43 Å². The number of hydrazine groups is 1. The fourth-order valence-corrected chi connectivity index (χ4v) is 2.08. The van der Waals surface area contributed by atoms with E-state index in [4.69, 9.17) is 5.84 Å². The maximum absolute atomic E-state index is 12.5. The second-order valence-electron chi connectivity index (χ2n) is 3.12. The number of thioether (sulfide) groups is 1. The van der Waals surface area contributed by atoms with E-state index in [0.29, 0.717) is 5.75 Å². The molecular weight excluding hydrogens is 253 g/mol. The highest BCUT2D eigenvalue weighted by molar-refractivity contribution is 7.99. The number of carbonyl (C=O) groups excluding carboxylic acids is 1. The lowest BCUT2D eigenvalue weighted by atomic mass is 10.1. The van der Waals surface area contributed by atoms with Gasteiger partial charge in [-0.05, 0) is 24.0 Å². The van der Waals surface area contributed by atoms with Crippen LogP contribution in [0.1, 0.15) is 22.8 Å². The molecule has 1 aromatic carbocycles. The third-order valence-electron chi connectivity index (χ3n) is 1.98. The van der Waals surface area contributed by atoms with Gasteiger partial charge in [0.25, 0.3) is 5.91 Å². The van der Waals surface area contributed by atoms with Crippen LogP contribution in [0.5, 0.6) is 0 Å². The van der Waals surface area contributed by atoms with Crippen molar-refractivity contribution in [3.63, 3.8) is 0 Å². The first-order valence-electron chi connectivity index (χ1n) is 4.75. The summed E-state index contributed by atoms with van der Waals surface area (Å²) in [5.41, 5.74) is 1.27. The fourth-order valence-electron chi connectivity index (χ4n) is 1.24. The van der Waals surface area contributed by atoms with Gasteiger partial charge in [-0.1, -0.05) is 6.92 Å². The Morgan fingerprint density at radius 1 is 1.47 bits per heavy atom. The Hall–Kier alpha value is -1.21. The van der Waals surface area contributed by atoms with Crippen molar-refractivity contribution < 1.29 is 18.0 Å². The van der Waals surface area contributed by atoms with E-state index < -0.39 is 17.6 Å². The first kappa shape index (κ1) is 13.9. The summed E-state index contributed by atoms with van der Waals surface area (Å²) in [4.78, 5) is 11.6. The number of nitrogen functional groups attached to an aromatic ring is 1. The van der Waals surface area contributed by atoms with Crippen molar-refractivity contribution in [1.29, 1.82) is 0 Å². The predicted molar refractivity (Wildman–Crippen MR) is 59.5 cm³/mol. The Bertz CT molecular complexity index is 421. The Morgan fingerprint density at radius 3 is 2.59 bits per heavy atom. The summed E-state index contributed by atoms with van der Waals surface area (Å²) in [6, 6.07) is 2.95. The number of rotatable bonds is 3. The van der Waals surface area contributed by atoms with Gasteiger partial charge in [0.15, 0.2) is 0 Å². The molecule has 1 aromatic rings. The van der Waals surface area contributed by atoms with Gasteiger partial charge in [-0.3, -0.25) is 10.2 Å². The number of amides is 1. The highest BCUT2D eigenvalue weighted by Crippen LogP contribution is 2.33. The van der Waals surface area contributed by atoms with Crippen molar-refractivity contribution in [2.24, 2.45) is 5.84 Å². The topological polar surface area (TPSA) is 55.1 Å². The molecule has 0 unspecified atom stereocenters. The molecule has 0 atom stereocenters. The molecule has 1 rings (SSSR count). The molecule has 3 nitrogen and oxygen atoms in total. The normalized spacial score (nSPS) is 11.4. The fraction of sp³-hybridized carbons (Fsp3) is 0.300. The van der Waals surface area contributed by atoms with Crippen LogP contribution in [0.4, 0.5) is 13.2 Å². The van der Waals surface area contributed by atoms with E-state index in [2.05, 4.69) is 0 Å². The molecule has 0 aliphatic carbocycles. The van der Waals surface area contributed by atoms with E-state index in [1.54, 1.807) is 6.92 Å². The van der Waals surface area contributed by atoms with Crippen LogP contribution in [0.2, 0.25) is 0 Å². The molecule has 0 bridgehead atoms. The van der Waals surface area contributed by atoms with Gasteiger partial charge in [0.1, 0.15) is 0 Å². The van der Waals surface area contributed by atoms with Crippen molar-refractivity contribution in [3.8, 4) is 0 Å². The van der Waals surface area contributed by atoms with Crippen molar-refractivity contribution >= 4 is 17.7 Å². The van der Waals surface area contributed by atoms with Crippen LogP contribution < -0.4 is 11.3 Å². The Labute approximate surface area is 101 Å². The van der Waals surface area contributed by atoms with E-state index in [1.807, 2.05) is 5.43 Å². The monoisotopic (exact) mass is 264 g/mol. The minimum atomic E-state index is -4.42. The van der Waals surface area contributed by atoms with Gasteiger partial charge in [0, 0.05) is 4.90 Å². The van der Waals surface area contributed by atoms with E-state index in [-0.39, 0.29) is 10.5 Å². The molecule has 0 aliphatic heterocycles. The minimum Gasteiger partial charge on any atom is -0.290 e. The Morgan fingerprint density at radius 2 is 2.12 bits per heavy atom. The maximum Gasteiger partial charge on any atom is 0.416 e. The summed E-state index contributed by atoms with van der Waals surface area (Å²) >= 11 is 1.16. The highest BCUT2D eigenvalue weighted by atomic mass is 32.2. The Balaban J connectivity index is 3.21. The van der Waals surface area contributed by atoms with Crippen LogP contribution in [-0.2, 0) is 6.18 Å². The molecule has 0 spiro atoms. The molecule has 0 saturated heterocycles. The molecular formula is C10H11F3N2OS. The van der Waals surface area contributed by atoms with Gasteiger partial charge in [-0.25, -0.2) is 5.84 Å². The van der Waals surface area contributed by atoms with Gasteiger partial charge < -0.3 is 0 Å². The lowest BCUT2D eigenvalue weighted by Crippen LogP contribution is -2.30. The maximum atomic E-state index is 12.5. The number of alkyl halides is 3. The standard InChI is InChI=1S/C10H11F3N2OS/c1-2-17-8-5-6(10(11,12)13)3-4-7(8)9(16)15-14/h3-5H,2,14H2,1H3,(H,15,16). The number of benzene rings is 1. The van der Waals surface area contributed by atoms with Crippen molar-refractivity contribution in [2.75, 3.05) is 5.75 Å². The number of hydrogen-bond donors (Lipinski definition) is 2. The molecule has 0 radical (unpaired) electrons. The molecule has 17 heavy (non-hydrogen) atoms. The molecule has 0 aromatic heterocycles. The average molecular weight is 264 g/mol. The SMILES string of the molecule is CCSc1cc(C(F)(F)F)ccc1C(=O)NN. The average Bonchev–Trinajstić information content (AvgIpc) is 2.27. The smallest absolute Gasteiger partial charge is 0.290 e. The lowest BCUT2D eigenvalue weighted by molar-refractivity contribution is -0.137. The third-order valence-corrected chi connectivity index (χ3v) is 2.92. The first-order chi connectivity index (χ1) is 7.90. The van der Waals surface area contributed by atoms with Crippen LogP contribution in [0, 0.1) is 0 Å². The molecule has 3 N–H and O–H groups in total. The minimum absolute atomic E-state index is 0.146. The van der Waals surface area contributed by atoms with Gasteiger partial charge in [0.05, 0.1) is 11.1 Å². The van der Waals surface area contributed by atoms with Crippen molar-refractivity contribution in [2.45, 2.75) is 18.0 Å². The van der Waals surface area contributed by atoms with Gasteiger partial charge in [-0.15, -0.1) is 11.8 Å². The summed E-state index contributed by atoms with van der Waals surface area (Å²) in [5, 5.41) is 0. The van der Waals surface area contributed by atoms with Crippen molar-refractivity contribution in [3.05, 3.63) is 29.3 Å². The van der Waals surface area contributed by atoms with Gasteiger partial charge in [0.2, 0.25) is 0 Å². The summed E-state index contributed by atoms with van der Waals surface area (Å²) in [5.74, 6) is 4.92. The zero-order valence-corrected chi connectivity index (χ0v) is 9.78. The molecule has 94 valence electrons. The second kappa shape index (κ2) is 5.42.